The van der Waals surface area contributed by atoms with Gasteiger partial charge >= 0.3 is 0 Å². The Bertz CT molecular complexity index is 863. The minimum absolute atomic E-state index is 0.164. The van der Waals surface area contributed by atoms with Crippen LogP contribution >= 0.6 is 23.4 Å². The second-order valence-electron chi connectivity index (χ2n) is 7.79. The molecule has 2 saturated heterocycles. The van der Waals surface area contributed by atoms with E-state index in [-0.39, 0.29) is 29.8 Å². The molecule has 150 valence electrons. The number of benzene rings is 1. The van der Waals surface area contributed by atoms with Gasteiger partial charge in [0.05, 0.1) is 11.8 Å². The molecule has 3 aliphatic heterocycles. The van der Waals surface area contributed by atoms with Crippen LogP contribution < -0.4 is 10.6 Å². The number of carbonyl (C=O) groups is 3. The molecule has 6 nitrogen and oxygen atoms in total. The van der Waals surface area contributed by atoms with Crippen LogP contribution in [0.15, 0.2) is 18.2 Å². The Hall–Kier alpha value is -1.57. The summed E-state index contributed by atoms with van der Waals surface area (Å²) in [6, 6.07) is 4.78. The maximum Gasteiger partial charge on any atom is 0.250 e. The van der Waals surface area contributed by atoms with E-state index < -0.39 is 17.4 Å². The molecular weight excluding hydrogens is 398 g/mol. The number of amides is 3. The molecular formula is C20H24ClN3O3S. The first-order valence-electron chi connectivity index (χ1n) is 9.61. The molecule has 0 saturated carbocycles. The third kappa shape index (κ3) is 2.56. The fourth-order valence-electron chi connectivity index (χ4n) is 4.91. The molecule has 0 bridgehead atoms. The average molecular weight is 422 g/mol. The monoisotopic (exact) mass is 421 g/mol. The number of thioether (sulfide) groups is 1. The molecule has 2 N–H and O–H groups in total. The van der Waals surface area contributed by atoms with Crippen molar-refractivity contribution in [1.29, 1.82) is 0 Å². The summed E-state index contributed by atoms with van der Waals surface area (Å²) in [7, 11) is 0. The van der Waals surface area contributed by atoms with Gasteiger partial charge in [0.2, 0.25) is 17.7 Å². The summed E-state index contributed by atoms with van der Waals surface area (Å²) < 4.78 is 0. The normalized spacial score (nSPS) is 32.1. The van der Waals surface area contributed by atoms with Crippen molar-refractivity contribution >= 4 is 46.8 Å². The molecule has 3 unspecified atom stereocenters. The summed E-state index contributed by atoms with van der Waals surface area (Å²) in [4.78, 5) is 41.4. The summed E-state index contributed by atoms with van der Waals surface area (Å²) in [6.45, 7) is 3.84. The fraction of sp³-hybridized carbons (Fsp3) is 0.550. The first kappa shape index (κ1) is 19.7. The molecule has 8 heteroatoms. The molecule has 4 rings (SSSR count). The van der Waals surface area contributed by atoms with Crippen LogP contribution in [0.4, 0.5) is 5.69 Å². The van der Waals surface area contributed by atoms with Gasteiger partial charge in [0.1, 0.15) is 5.54 Å². The van der Waals surface area contributed by atoms with Crippen molar-refractivity contribution in [2.45, 2.75) is 44.3 Å². The van der Waals surface area contributed by atoms with Gasteiger partial charge in [-0.25, -0.2) is 0 Å². The SMILES string of the molecule is CCC(C)N1C(=O)[C@@H]2C(CCSC)NC3(C(=O)Nc4ccc(Cl)cc43)[C@@H]2C1=O. The molecule has 3 amide bonds. The van der Waals surface area contributed by atoms with Crippen molar-refractivity contribution in [3.05, 3.63) is 28.8 Å². The molecule has 2 fully saturated rings. The highest BCUT2D eigenvalue weighted by Gasteiger charge is 2.70. The summed E-state index contributed by atoms with van der Waals surface area (Å²) in [6.07, 6.45) is 3.40. The lowest BCUT2D eigenvalue weighted by Crippen LogP contribution is -2.54. The Balaban J connectivity index is 1.86. The Kier molecular flexibility index (Phi) is 4.96. The van der Waals surface area contributed by atoms with Gasteiger partial charge in [-0.05, 0) is 50.0 Å². The van der Waals surface area contributed by atoms with Gasteiger partial charge < -0.3 is 5.32 Å². The predicted molar refractivity (Wildman–Crippen MR) is 110 cm³/mol. The fourth-order valence-corrected chi connectivity index (χ4v) is 5.57. The van der Waals surface area contributed by atoms with E-state index >= 15 is 0 Å². The van der Waals surface area contributed by atoms with Crippen molar-refractivity contribution in [1.82, 2.24) is 10.2 Å². The molecule has 1 aromatic carbocycles. The standard InChI is InChI=1S/C20H24ClN3O3S/c1-4-10(2)24-17(25)15-14(7-8-28-3)23-20(16(15)18(24)26)12-9-11(21)5-6-13(12)22-19(20)27/h5-6,9-10,14-16,23H,4,7-8H2,1-3H3,(H,22,27)/t10?,14?,15-,16+,20?/m1/s1. The third-order valence-corrected chi connectivity index (χ3v) is 7.25. The summed E-state index contributed by atoms with van der Waals surface area (Å²) in [5, 5.41) is 6.81. The lowest BCUT2D eigenvalue weighted by molar-refractivity contribution is -0.145. The van der Waals surface area contributed by atoms with Gasteiger partial charge in [-0.3, -0.25) is 24.6 Å². The van der Waals surface area contributed by atoms with Gasteiger partial charge in [-0.15, -0.1) is 0 Å². The van der Waals surface area contributed by atoms with Crippen molar-refractivity contribution in [2.24, 2.45) is 11.8 Å². The van der Waals surface area contributed by atoms with Gasteiger partial charge in [-0.1, -0.05) is 18.5 Å². The number of halogens is 1. The maximum absolute atomic E-state index is 13.5. The van der Waals surface area contributed by atoms with Gasteiger partial charge in [0.15, 0.2) is 0 Å². The number of imide groups is 1. The Labute approximate surface area is 173 Å². The topological polar surface area (TPSA) is 78.5 Å². The van der Waals surface area contributed by atoms with Crippen LogP contribution in [0.5, 0.6) is 0 Å². The van der Waals surface area contributed by atoms with Crippen molar-refractivity contribution < 1.29 is 14.4 Å². The summed E-state index contributed by atoms with van der Waals surface area (Å²) >= 11 is 7.91. The number of fused-ring (bicyclic) bond motifs is 4. The lowest BCUT2D eigenvalue weighted by Gasteiger charge is -2.31. The smallest absolute Gasteiger partial charge is 0.250 e. The second-order valence-corrected chi connectivity index (χ2v) is 9.21. The van der Waals surface area contributed by atoms with Crippen molar-refractivity contribution in [3.8, 4) is 0 Å². The van der Waals surface area contributed by atoms with E-state index in [1.165, 1.54) is 4.90 Å². The quantitative estimate of drug-likeness (QED) is 0.714. The molecule has 1 aromatic rings. The van der Waals surface area contributed by atoms with Gasteiger partial charge in [0, 0.05) is 28.4 Å². The highest BCUT2D eigenvalue weighted by Crippen LogP contribution is 2.54. The third-order valence-electron chi connectivity index (χ3n) is 6.38. The highest BCUT2D eigenvalue weighted by atomic mass is 35.5. The minimum atomic E-state index is -1.25. The molecule has 0 aromatic heterocycles. The Morgan fingerprint density at radius 1 is 1.29 bits per heavy atom. The maximum atomic E-state index is 13.5. The number of nitrogens with one attached hydrogen (secondary N) is 2. The van der Waals surface area contributed by atoms with E-state index in [2.05, 4.69) is 10.6 Å². The molecule has 3 aliphatic rings. The Morgan fingerprint density at radius 3 is 2.71 bits per heavy atom. The molecule has 3 heterocycles. The zero-order valence-corrected chi connectivity index (χ0v) is 17.7. The summed E-state index contributed by atoms with van der Waals surface area (Å²) in [5.74, 6) is -1.15. The molecule has 0 radical (unpaired) electrons. The van der Waals surface area contributed by atoms with Crippen LogP contribution in [-0.4, -0.2) is 46.7 Å². The van der Waals surface area contributed by atoms with E-state index in [4.69, 9.17) is 11.6 Å². The van der Waals surface area contributed by atoms with Crippen LogP contribution in [0.1, 0.15) is 32.3 Å². The molecule has 0 aliphatic carbocycles. The number of carbonyl (C=O) groups excluding carboxylic acids is 3. The molecule has 1 spiro atoms. The van der Waals surface area contributed by atoms with E-state index in [0.29, 0.717) is 29.1 Å². The Morgan fingerprint density at radius 2 is 2.04 bits per heavy atom. The van der Waals surface area contributed by atoms with Crippen LogP contribution in [0, 0.1) is 11.8 Å². The predicted octanol–water partition coefficient (Wildman–Crippen LogP) is 2.61. The summed E-state index contributed by atoms with van der Waals surface area (Å²) in [5.41, 5.74) is 0.0651. The molecule has 28 heavy (non-hydrogen) atoms. The van der Waals surface area contributed by atoms with Crippen LogP contribution in [-0.2, 0) is 19.9 Å². The zero-order valence-electron chi connectivity index (χ0n) is 16.1. The average Bonchev–Trinajstić information content (AvgIpc) is 3.25. The highest BCUT2D eigenvalue weighted by molar-refractivity contribution is 7.98. The first-order valence-corrected chi connectivity index (χ1v) is 11.4. The largest absolute Gasteiger partial charge is 0.324 e. The molecule has 5 atom stereocenters. The second kappa shape index (κ2) is 7.04. The van der Waals surface area contributed by atoms with Crippen molar-refractivity contribution in [3.63, 3.8) is 0 Å². The van der Waals surface area contributed by atoms with Crippen LogP contribution in [0.25, 0.3) is 0 Å². The number of anilines is 1. The first-order chi connectivity index (χ1) is 13.4. The van der Waals surface area contributed by atoms with E-state index in [1.807, 2.05) is 20.1 Å². The van der Waals surface area contributed by atoms with E-state index in [9.17, 15) is 14.4 Å². The lowest BCUT2D eigenvalue weighted by atomic mass is 9.76. The van der Waals surface area contributed by atoms with Gasteiger partial charge in [0.25, 0.3) is 0 Å². The van der Waals surface area contributed by atoms with E-state index in [0.717, 1.165) is 5.75 Å². The van der Waals surface area contributed by atoms with E-state index in [1.54, 1.807) is 30.0 Å². The van der Waals surface area contributed by atoms with Crippen molar-refractivity contribution in [2.75, 3.05) is 17.3 Å². The zero-order chi connectivity index (χ0) is 20.2. The number of likely N-dealkylation sites (tertiary alicyclic amines) is 1. The number of rotatable bonds is 5. The number of nitrogens with zero attached hydrogens (tertiary/aromatic N) is 1. The van der Waals surface area contributed by atoms with Crippen LogP contribution in [0.2, 0.25) is 5.02 Å². The minimum Gasteiger partial charge on any atom is -0.324 e. The van der Waals surface area contributed by atoms with Gasteiger partial charge in [-0.2, -0.15) is 11.8 Å². The number of hydrogen-bond acceptors (Lipinski definition) is 5. The number of hydrogen-bond donors (Lipinski definition) is 2. The van der Waals surface area contributed by atoms with Crippen LogP contribution in [0.3, 0.4) is 0 Å².